The number of aromatic hydroxyl groups is 1. The van der Waals surface area contributed by atoms with Crippen LogP contribution in [0.15, 0.2) is 17.1 Å². The third kappa shape index (κ3) is 5.10. The first kappa shape index (κ1) is 17.5. The zero-order valence-corrected chi connectivity index (χ0v) is 13.7. The molecule has 128 valence electrons. The van der Waals surface area contributed by atoms with Gasteiger partial charge in [-0.05, 0) is 19.9 Å². The maximum Gasteiger partial charge on any atom is 0.317 e. The Labute approximate surface area is 136 Å². The van der Waals surface area contributed by atoms with Crippen LogP contribution < -0.4 is 5.43 Å². The number of carboxylic acids is 1. The lowest BCUT2D eigenvalue weighted by Gasteiger charge is -2.27. The number of aliphatic carboxylic acids is 1. The van der Waals surface area contributed by atoms with Gasteiger partial charge in [-0.2, -0.15) is 0 Å². The Morgan fingerprint density at radius 3 is 2.48 bits per heavy atom. The summed E-state index contributed by atoms with van der Waals surface area (Å²) in [6.45, 7) is 0.290. The predicted molar refractivity (Wildman–Crippen MR) is 87.7 cm³/mol. The SMILES string of the molecule is CN(CC(=O)O)Cc1cc(=O)c(O)cn1C1CCCCCCC1. The summed E-state index contributed by atoms with van der Waals surface area (Å²) in [5.74, 6) is -1.14. The number of carbonyl (C=O) groups is 1. The molecule has 23 heavy (non-hydrogen) atoms. The molecule has 0 unspecified atom stereocenters. The summed E-state index contributed by atoms with van der Waals surface area (Å²) in [5.41, 5.74) is 0.355. The van der Waals surface area contributed by atoms with Gasteiger partial charge in [0.15, 0.2) is 5.75 Å². The number of hydrogen-bond acceptors (Lipinski definition) is 4. The van der Waals surface area contributed by atoms with Gasteiger partial charge >= 0.3 is 5.97 Å². The van der Waals surface area contributed by atoms with Crippen molar-refractivity contribution < 1.29 is 15.0 Å². The summed E-state index contributed by atoms with van der Waals surface area (Å²) < 4.78 is 1.99. The predicted octanol–water partition coefficient (Wildman–Crippen LogP) is 2.36. The van der Waals surface area contributed by atoms with Crippen molar-refractivity contribution in [2.75, 3.05) is 13.6 Å². The summed E-state index contributed by atoms with van der Waals surface area (Å²) in [6, 6.07) is 1.70. The highest BCUT2D eigenvalue weighted by molar-refractivity contribution is 5.69. The molecule has 2 rings (SSSR count). The lowest BCUT2D eigenvalue weighted by Crippen LogP contribution is -2.28. The maximum absolute atomic E-state index is 11.8. The van der Waals surface area contributed by atoms with E-state index in [2.05, 4.69) is 0 Å². The van der Waals surface area contributed by atoms with Crippen LogP contribution in [0.5, 0.6) is 5.75 Å². The Balaban J connectivity index is 2.26. The Morgan fingerprint density at radius 2 is 1.87 bits per heavy atom. The fraction of sp³-hybridized carbons (Fsp3) is 0.647. The lowest BCUT2D eigenvalue weighted by molar-refractivity contribution is -0.138. The van der Waals surface area contributed by atoms with E-state index in [1.165, 1.54) is 31.5 Å². The van der Waals surface area contributed by atoms with Crippen LogP contribution in [0.3, 0.4) is 0 Å². The fourth-order valence-corrected chi connectivity index (χ4v) is 3.32. The summed E-state index contributed by atoms with van der Waals surface area (Å²) in [5, 5.41) is 18.7. The summed E-state index contributed by atoms with van der Waals surface area (Å²) in [6.07, 6.45) is 9.57. The Morgan fingerprint density at radius 1 is 1.26 bits per heavy atom. The number of rotatable bonds is 5. The molecule has 0 bridgehead atoms. The zero-order chi connectivity index (χ0) is 16.8. The molecule has 0 spiro atoms. The van der Waals surface area contributed by atoms with E-state index in [-0.39, 0.29) is 18.3 Å². The molecule has 6 heteroatoms. The van der Waals surface area contributed by atoms with Crippen LogP contribution in [0, 0.1) is 0 Å². The van der Waals surface area contributed by atoms with E-state index in [1.807, 2.05) is 4.57 Å². The standard InChI is InChI=1S/C17H26N2O4/c1-18(12-17(22)23)10-14-9-15(20)16(21)11-19(14)13-7-5-3-2-4-6-8-13/h9,11,13,21H,2-8,10,12H2,1H3,(H,22,23). The van der Waals surface area contributed by atoms with E-state index in [1.54, 1.807) is 11.9 Å². The molecule has 0 radical (unpaired) electrons. The number of hydrogen-bond donors (Lipinski definition) is 2. The van der Waals surface area contributed by atoms with Crippen LogP contribution in [0.2, 0.25) is 0 Å². The quantitative estimate of drug-likeness (QED) is 0.869. The van der Waals surface area contributed by atoms with E-state index in [0.29, 0.717) is 6.54 Å². The van der Waals surface area contributed by atoms with Crippen molar-refractivity contribution >= 4 is 5.97 Å². The van der Waals surface area contributed by atoms with E-state index < -0.39 is 11.4 Å². The van der Waals surface area contributed by atoms with Gasteiger partial charge in [-0.15, -0.1) is 0 Å². The fourth-order valence-electron chi connectivity index (χ4n) is 3.32. The minimum Gasteiger partial charge on any atom is -0.503 e. The van der Waals surface area contributed by atoms with Crippen LogP contribution in [-0.2, 0) is 11.3 Å². The molecule has 1 aromatic heterocycles. The minimum atomic E-state index is -0.897. The Kier molecular flexibility index (Phi) is 6.21. The third-order valence-electron chi connectivity index (χ3n) is 4.45. The van der Waals surface area contributed by atoms with Gasteiger partial charge in [0.25, 0.3) is 0 Å². The smallest absolute Gasteiger partial charge is 0.317 e. The van der Waals surface area contributed by atoms with E-state index in [4.69, 9.17) is 5.11 Å². The van der Waals surface area contributed by atoms with Gasteiger partial charge in [0, 0.05) is 24.3 Å². The van der Waals surface area contributed by atoms with Gasteiger partial charge in [-0.25, -0.2) is 0 Å². The molecule has 1 fully saturated rings. The highest BCUT2D eigenvalue weighted by Gasteiger charge is 2.18. The summed E-state index contributed by atoms with van der Waals surface area (Å²) in [7, 11) is 1.72. The molecule has 6 nitrogen and oxygen atoms in total. The second kappa shape index (κ2) is 8.15. The Hall–Kier alpha value is -1.82. The molecular formula is C17H26N2O4. The van der Waals surface area contributed by atoms with Crippen LogP contribution >= 0.6 is 0 Å². The van der Waals surface area contributed by atoms with Crippen molar-refractivity contribution in [2.24, 2.45) is 0 Å². The van der Waals surface area contributed by atoms with Crippen LogP contribution in [0.25, 0.3) is 0 Å². The topological polar surface area (TPSA) is 82.8 Å². The van der Waals surface area contributed by atoms with Crippen molar-refractivity contribution in [3.05, 3.63) is 28.2 Å². The molecule has 0 atom stereocenters. The second-order valence-corrected chi connectivity index (χ2v) is 6.49. The van der Waals surface area contributed by atoms with Crippen molar-refractivity contribution in [1.82, 2.24) is 9.47 Å². The largest absolute Gasteiger partial charge is 0.503 e. The molecule has 1 saturated carbocycles. The number of likely N-dealkylation sites (N-methyl/N-ethyl adjacent to an activating group) is 1. The molecular weight excluding hydrogens is 296 g/mol. The van der Waals surface area contributed by atoms with Crippen LogP contribution in [-0.4, -0.2) is 39.2 Å². The first-order chi connectivity index (χ1) is 11.0. The molecule has 0 aromatic carbocycles. The number of pyridine rings is 1. The second-order valence-electron chi connectivity index (χ2n) is 6.49. The molecule has 0 amide bonds. The first-order valence-corrected chi connectivity index (χ1v) is 8.31. The number of aromatic nitrogens is 1. The molecule has 0 saturated heterocycles. The number of carboxylic acid groups (broad SMARTS) is 1. The van der Waals surface area contributed by atoms with Gasteiger partial charge in [-0.1, -0.05) is 32.1 Å². The van der Waals surface area contributed by atoms with Gasteiger partial charge in [0.2, 0.25) is 5.43 Å². The van der Waals surface area contributed by atoms with E-state index >= 15 is 0 Å². The Bertz CT molecular complexity index is 589. The maximum atomic E-state index is 11.8. The zero-order valence-electron chi connectivity index (χ0n) is 13.7. The third-order valence-corrected chi connectivity index (χ3v) is 4.45. The molecule has 1 aromatic rings. The molecule has 1 heterocycles. The van der Waals surface area contributed by atoms with Crippen molar-refractivity contribution in [3.8, 4) is 5.75 Å². The minimum absolute atomic E-state index is 0.0836. The van der Waals surface area contributed by atoms with Crippen LogP contribution in [0.1, 0.15) is 56.7 Å². The first-order valence-electron chi connectivity index (χ1n) is 8.31. The van der Waals surface area contributed by atoms with Crippen molar-refractivity contribution in [1.29, 1.82) is 0 Å². The van der Waals surface area contributed by atoms with Crippen molar-refractivity contribution in [3.63, 3.8) is 0 Å². The van der Waals surface area contributed by atoms with E-state index in [0.717, 1.165) is 31.4 Å². The average molecular weight is 322 g/mol. The van der Waals surface area contributed by atoms with Crippen molar-refractivity contribution in [2.45, 2.75) is 57.5 Å². The molecule has 1 aliphatic carbocycles. The van der Waals surface area contributed by atoms with Crippen LogP contribution in [0.4, 0.5) is 0 Å². The van der Waals surface area contributed by atoms with Gasteiger partial charge < -0.3 is 14.8 Å². The molecule has 2 N–H and O–H groups in total. The summed E-state index contributed by atoms with van der Waals surface area (Å²) >= 11 is 0. The monoisotopic (exact) mass is 322 g/mol. The van der Waals surface area contributed by atoms with E-state index in [9.17, 15) is 14.7 Å². The normalized spacial score (nSPS) is 17.0. The number of nitrogens with zero attached hydrogens (tertiary/aromatic N) is 2. The highest BCUT2D eigenvalue weighted by Crippen LogP contribution is 2.28. The highest BCUT2D eigenvalue weighted by atomic mass is 16.4. The van der Waals surface area contributed by atoms with Gasteiger partial charge in [-0.3, -0.25) is 14.5 Å². The van der Waals surface area contributed by atoms with Gasteiger partial charge in [0.1, 0.15) is 0 Å². The lowest BCUT2D eigenvalue weighted by atomic mass is 9.96. The average Bonchev–Trinajstić information content (AvgIpc) is 2.42. The summed E-state index contributed by atoms with van der Waals surface area (Å²) in [4.78, 5) is 24.3. The van der Waals surface area contributed by atoms with Gasteiger partial charge in [0.05, 0.1) is 12.7 Å². The molecule has 1 aliphatic rings. The molecule has 0 aliphatic heterocycles.